The van der Waals surface area contributed by atoms with Gasteiger partial charge in [0.25, 0.3) is 0 Å². The maximum Gasteiger partial charge on any atom is 0.338 e. The Kier molecular flexibility index (Phi) is 6.90. The molecule has 0 unspecified atom stereocenters. The minimum absolute atomic E-state index is 0.0790. The SMILES string of the molecule is C/C=C/C=C\C(=O)[C@H]1[C@@H]2C(=O)/C(=C(O)/C=C/C=C/C)[C@H]([C@@H]1[C@]1(C)OC(=O)C(C)=C1O)[C@](C)(O)C2=O. The van der Waals surface area contributed by atoms with Gasteiger partial charge in [0.05, 0.1) is 11.5 Å². The van der Waals surface area contributed by atoms with Crippen molar-refractivity contribution in [2.24, 2.45) is 23.7 Å². The van der Waals surface area contributed by atoms with E-state index in [0.29, 0.717) is 0 Å². The Hall–Kier alpha value is -3.52. The van der Waals surface area contributed by atoms with E-state index in [1.807, 2.05) is 0 Å². The van der Waals surface area contributed by atoms with E-state index in [1.165, 1.54) is 45.1 Å². The zero-order chi connectivity index (χ0) is 26.3. The van der Waals surface area contributed by atoms with E-state index in [-0.39, 0.29) is 11.1 Å². The zero-order valence-electron chi connectivity index (χ0n) is 20.3. The highest BCUT2D eigenvalue weighted by molar-refractivity contribution is 6.21. The third kappa shape index (κ3) is 3.91. The van der Waals surface area contributed by atoms with E-state index in [0.717, 1.165) is 0 Å². The minimum Gasteiger partial charge on any atom is -0.508 e. The second kappa shape index (κ2) is 9.26. The second-order valence-corrected chi connectivity index (χ2v) is 9.32. The number of hydrogen-bond donors (Lipinski definition) is 3. The average molecular weight is 483 g/mol. The van der Waals surface area contributed by atoms with Gasteiger partial charge >= 0.3 is 5.97 Å². The van der Waals surface area contributed by atoms with Crippen molar-refractivity contribution in [2.45, 2.75) is 45.8 Å². The van der Waals surface area contributed by atoms with E-state index >= 15 is 0 Å². The smallest absolute Gasteiger partial charge is 0.338 e. The molecule has 8 nitrogen and oxygen atoms in total. The molecule has 1 aliphatic heterocycles. The Balaban J connectivity index is 2.33. The maximum absolute atomic E-state index is 13.5. The van der Waals surface area contributed by atoms with Crippen molar-refractivity contribution in [1.29, 1.82) is 0 Å². The molecular weight excluding hydrogens is 452 g/mol. The van der Waals surface area contributed by atoms with Crippen molar-refractivity contribution in [2.75, 3.05) is 0 Å². The molecular formula is C27H30O8. The van der Waals surface area contributed by atoms with Crippen molar-refractivity contribution in [1.82, 2.24) is 0 Å². The first kappa shape index (κ1) is 26.1. The molecule has 8 heteroatoms. The Bertz CT molecular complexity index is 1160. The van der Waals surface area contributed by atoms with Gasteiger partial charge in [-0.3, -0.25) is 14.4 Å². The lowest BCUT2D eigenvalue weighted by Crippen LogP contribution is -2.71. The molecule has 3 aliphatic carbocycles. The number of hydrogen-bond acceptors (Lipinski definition) is 8. The number of cyclic esters (lactones) is 1. The molecule has 186 valence electrons. The maximum atomic E-state index is 13.5. The number of ketones is 3. The van der Waals surface area contributed by atoms with Crippen molar-refractivity contribution in [3.05, 3.63) is 71.3 Å². The monoisotopic (exact) mass is 482 g/mol. The number of carbonyl (C=O) groups is 4. The van der Waals surface area contributed by atoms with Gasteiger partial charge in [0.2, 0.25) is 0 Å². The summed E-state index contributed by atoms with van der Waals surface area (Å²) in [6.07, 6.45) is 12.0. The zero-order valence-corrected chi connectivity index (χ0v) is 20.3. The Morgan fingerprint density at radius 2 is 1.57 bits per heavy atom. The molecule has 0 aromatic heterocycles. The average Bonchev–Trinajstić information content (AvgIpc) is 2.99. The predicted molar refractivity (Wildman–Crippen MR) is 127 cm³/mol. The fourth-order valence-corrected chi connectivity index (χ4v) is 5.48. The molecule has 0 aromatic rings. The van der Waals surface area contributed by atoms with E-state index in [9.17, 15) is 34.5 Å². The topological polar surface area (TPSA) is 138 Å². The normalized spacial score (nSPS) is 37.0. The van der Waals surface area contributed by atoms with Crippen molar-refractivity contribution in [3.8, 4) is 0 Å². The molecule has 3 fully saturated rings. The highest BCUT2D eigenvalue weighted by Crippen LogP contribution is 2.59. The summed E-state index contributed by atoms with van der Waals surface area (Å²) in [5, 5.41) is 33.1. The van der Waals surface area contributed by atoms with Crippen LogP contribution in [0.5, 0.6) is 0 Å². The Morgan fingerprint density at radius 3 is 2.09 bits per heavy atom. The van der Waals surface area contributed by atoms with Crippen LogP contribution in [0.15, 0.2) is 71.3 Å². The van der Waals surface area contributed by atoms with Gasteiger partial charge in [-0.25, -0.2) is 4.79 Å². The first-order chi connectivity index (χ1) is 16.4. The fourth-order valence-electron chi connectivity index (χ4n) is 5.48. The van der Waals surface area contributed by atoms with Crippen molar-refractivity contribution in [3.63, 3.8) is 0 Å². The number of ether oxygens (including phenoxy) is 1. The largest absolute Gasteiger partial charge is 0.508 e. The van der Waals surface area contributed by atoms with Gasteiger partial charge < -0.3 is 20.1 Å². The van der Waals surface area contributed by atoms with Crippen LogP contribution in [0.3, 0.4) is 0 Å². The number of fused-ring (bicyclic) bond motifs is 3. The lowest BCUT2D eigenvalue weighted by Gasteiger charge is -2.56. The van der Waals surface area contributed by atoms with Gasteiger partial charge in [0.15, 0.2) is 23.0 Å². The molecule has 0 spiro atoms. The summed E-state index contributed by atoms with van der Waals surface area (Å²) < 4.78 is 5.54. The molecule has 0 radical (unpaired) electrons. The van der Waals surface area contributed by atoms with Gasteiger partial charge in [-0.2, -0.15) is 0 Å². The second-order valence-electron chi connectivity index (χ2n) is 9.32. The third-order valence-electron chi connectivity index (χ3n) is 7.15. The summed E-state index contributed by atoms with van der Waals surface area (Å²) in [6, 6.07) is 0. The number of aliphatic hydroxyl groups is 3. The molecule has 0 amide bonds. The molecule has 0 aromatic carbocycles. The highest BCUT2D eigenvalue weighted by Gasteiger charge is 2.72. The Morgan fingerprint density at radius 1 is 1.00 bits per heavy atom. The summed E-state index contributed by atoms with van der Waals surface area (Å²) in [7, 11) is 0. The van der Waals surface area contributed by atoms with Crippen LogP contribution >= 0.6 is 0 Å². The van der Waals surface area contributed by atoms with E-state index < -0.39 is 69.7 Å². The molecule has 0 saturated heterocycles. The van der Waals surface area contributed by atoms with Gasteiger partial charge in [0, 0.05) is 23.3 Å². The Labute approximate surface area is 203 Å². The summed E-state index contributed by atoms with van der Waals surface area (Å²) in [5.74, 6) is -9.64. The lowest BCUT2D eigenvalue weighted by atomic mass is 9.46. The molecule has 3 N–H and O–H groups in total. The van der Waals surface area contributed by atoms with Crippen LogP contribution < -0.4 is 0 Å². The van der Waals surface area contributed by atoms with Crippen LogP contribution in [-0.4, -0.2) is 49.8 Å². The molecule has 35 heavy (non-hydrogen) atoms. The third-order valence-corrected chi connectivity index (χ3v) is 7.15. The number of aliphatic hydroxyl groups excluding tert-OH is 2. The van der Waals surface area contributed by atoms with Gasteiger partial charge in [-0.1, -0.05) is 36.5 Å². The van der Waals surface area contributed by atoms with Crippen LogP contribution in [-0.2, 0) is 23.9 Å². The molecule has 3 saturated carbocycles. The molecule has 6 atom stereocenters. The summed E-state index contributed by atoms with van der Waals surface area (Å²) in [4.78, 5) is 52.6. The number of rotatable bonds is 6. The number of carbonyl (C=O) groups excluding carboxylic acids is 4. The standard InChI is InChI=1S/C27H30O8/c1-6-8-10-12-15(28)17-19-22(30)18(16(29)13-11-9-7-2)20(26(4,34)24(19)32)21(17)27(5)23(31)14(3)25(33)35-27/h6-13,17,19-21,29,31,34H,1-5H3/b8-6+,9-7+,12-10-,13-11+,18-16-/t17-,19+,20+,21+,26-,27-/m0/s1. The molecule has 4 aliphatic rings. The minimum atomic E-state index is -2.18. The number of Topliss-reactive ketones (excluding diaryl/α,β-unsaturated/α-hetero) is 2. The van der Waals surface area contributed by atoms with Crippen LogP contribution in [0.1, 0.15) is 34.6 Å². The number of allylic oxidation sites excluding steroid dienone is 8. The van der Waals surface area contributed by atoms with Crippen molar-refractivity contribution >= 4 is 23.3 Å². The van der Waals surface area contributed by atoms with E-state index in [4.69, 9.17) is 4.74 Å². The fraction of sp³-hybridized carbons (Fsp3) is 0.407. The van der Waals surface area contributed by atoms with Gasteiger partial charge in [0.1, 0.15) is 17.1 Å². The lowest BCUT2D eigenvalue weighted by molar-refractivity contribution is -0.191. The first-order valence-electron chi connectivity index (χ1n) is 11.4. The number of esters is 1. The summed E-state index contributed by atoms with van der Waals surface area (Å²) in [5.41, 5.74) is -4.34. The first-order valence-corrected chi connectivity index (χ1v) is 11.4. The predicted octanol–water partition coefficient (Wildman–Crippen LogP) is 3.16. The van der Waals surface area contributed by atoms with Crippen molar-refractivity contribution < 1.29 is 39.2 Å². The van der Waals surface area contributed by atoms with Crippen LogP contribution in [0.2, 0.25) is 0 Å². The van der Waals surface area contributed by atoms with Crippen LogP contribution in [0.25, 0.3) is 0 Å². The summed E-state index contributed by atoms with van der Waals surface area (Å²) >= 11 is 0. The molecule has 4 rings (SSSR count). The quantitative estimate of drug-likeness (QED) is 0.173. The van der Waals surface area contributed by atoms with Gasteiger partial charge in [-0.15, -0.1) is 0 Å². The molecule has 1 heterocycles. The summed E-state index contributed by atoms with van der Waals surface area (Å²) in [6.45, 7) is 7.45. The highest BCUT2D eigenvalue weighted by atomic mass is 16.6. The van der Waals surface area contributed by atoms with Crippen LogP contribution in [0, 0.1) is 23.7 Å². The molecule has 2 bridgehead atoms. The van der Waals surface area contributed by atoms with Crippen LogP contribution in [0.4, 0.5) is 0 Å². The van der Waals surface area contributed by atoms with Gasteiger partial charge in [-0.05, 0) is 46.8 Å². The van der Waals surface area contributed by atoms with E-state index in [2.05, 4.69) is 0 Å². The van der Waals surface area contributed by atoms with E-state index in [1.54, 1.807) is 38.2 Å².